The van der Waals surface area contributed by atoms with E-state index >= 15 is 0 Å². The number of hydrogen-bond acceptors (Lipinski definition) is 8. The molecular formula is C22H20N2O7S. The number of carbonyl (C=O) groups excluding carboxylic acids is 5. The molecule has 2 heterocycles. The zero-order valence-electron chi connectivity index (χ0n) is 17.3. The van der Waals surface area contributed by atoms with Gasteiger partial charge in [0.15, 0.2) is 6.61 Å². The predicted molar refractivity (Wildman–Crippen MR) is 114 cm³/mol. The maximum Gasteiger partial charge on any atom is 0.341 e. The number of imide groups is 1. The lowest BCUT2D eigenvalue weighted by Crippen LogP contribution is -2.36. The Labute approximate surface area is 187 Å². The Balaban J connectivity index is 1.35. The number of carbonyl (C=O) groups is 5. The van der Waals surface area contributed by atoms with E-state index in [9.17, 15) is 24.0 Å². The second-order valence-electron chi connectivity index (χ2n) is 7.23. The first-order valence-electron chi connectivity index (χ1n) is 10.1. The van der Waals surface area contributed by atoms with E-state index < -0.39 is 42.8 Å². The monoisotopic (exact) mass is 456 g/mol. The topological polar surface area (TPSA) is 119 Å². The van der Waals surface area contributed by atoms with E-state index in [1.807, 2.05) is 0 Å². The number of rotatable bonds is 7. The Morgan fingerprint density at radius 3 is 2.41 bits per heavy atom. The number of esters is 2. The normalized spacial score (nSPS) is 14.2. The summed E-state index contributed by atoms with van der Waals surface area (Å²) in [6.45, 7) is 0.705. The molecule has 9 nitrogen and oxygen atoms in total. The Hall–Kier alpha value is -3.53. The summed E-state index contributed by atoms with van der Waals surface area (Å²) in [4.78, 5) is 63.3. The van der Waals surface area contributed by atoms with Gasteiger partial charge in [-0.05, 0) is 43.9 Å². The van der Waals surface area contributed by atoms with Gasteiger partial charge in [0, 0.05) is 4.88 Å². The lowest BCUT2D eigenvalue weighted by molar-refractivity contribution is -0.147. The minimum absolute atomic E-state index is 0.215. The van der Waals surface area contributed by atoms with Crippen LogP contribution in [0.25, 0.3) is 0 Å². The number of thiophene rings is 1. The second-order valence-corrected chi connectivity index (χ2v) is 8.34. The van der Waals surface area contributed by atoms with Crippen molar-refractivity contribution < 1.29 is 33.4 Å². The maximum atomic E-state index is 12.4. The van der Waals surface area contributed by atoms with Crippen molar-refractivity contribution in [2.75, 3.05) is 25.1 Å². The van der Waals surface area contributed by atoms with Crippen molar-refractivity contribution >= 4 is 46.0 Å². The van der Waals surface area contributed by atoms with Crippen LogP contribution < -0.4 is 5.32 Å². The molecule has 0 atom stereocenters. The van der Waals surface area contributed by atoms with E-state index in [-0.39, 0.29) is 17.7 Å². The highest BCUT2D eigenvalue weighted by atomic mass is 32.1. The molecule has 0 spiro atoms. The van der Waals surface area contributed by atoms with Gasteiger partial charge in [-0.15, -0.1) is 11.3 Å². The van der Waals surface area contributed by atoms with Crippen LogP contribution in [0, 0.1) is 0 Å². The molecule has 10 heteroatoms. The van der Waals surface area contributed by atoms with Crippen LogP contribution in [0.5, 0.6) is 0 Å². The van der Waals surface area contributed by atoms with Crippen LogP contribution in [0.4, 0.5) is 5.00 Å². The Morgan fingerprint density at radius 2 is 1.75 bits per heavy atom. The third-order valence-electron chi connectivity index (χ3n) is 5.18. The minimum atomic E-state index is -0.894. The molecule has 0 saturated carbocycles. The van der Waals surface area contributed by atoms with Crippen molar-refractivity contribution in [3.8, 4) is 0 Å². The number of nitrogens with one attached hydrogen (secondary N) is 1. The van der Waals surface area contributed by atoms with Gasteiger partial charge in [-0.25, -0.2) is 4.79 Å². The van der Waals surface area contributed by atoms with Crippen LogP contribution in [0.3, 0.4) is 0 Å². The van der Waals surface area contributed by atoms with Gasteiger partial charge in [-0.2, -0.15) is 0 Å². The van der Waals surface area contributed by atoms with Crippen LogP contribution >= 0.6 is 11.3 Å². The van der Waals surface area contributed by atoms with Crippen LogP contribution in [0.2, 0.25) is 0 Å². The molecule has 2 aromatic rings. The summed E-state index contributed by atoms with van der Waals surface area (Å²) in [7, 11) is 0. The van der Waals surface area contributed by atoms with E-state index in [0.29, 0.717) is 10.6 Å². The summed E-state index contributed by atoms with van der Waals surface area (Å²) >= 11 is 1.31. The van der Waals surface area contributed by atoms with Crippen LogP contribution in [-0.4, -0.2) is 54.3 Å². The molecule has 32 heavy (non-hydrogen) atoms. The largest absolute Gasteiger partial charge is 0.462 e. The number of ether oxygens (including phenoxy) is 2. The average molecular weight is 456 g/mol. The third-order valence-corrected chi connectivity index (χ3v) is 6.39. The number of aryl methyl sites for hydroxylation is 1. The molecule has 1 aromatic heterocycles. The van der Waals surface area contributed by atoms with Crippen molar-refractivity contribution in [1.82, 2.24) is 4.90 Å². The molecule has 0 bridgehead atoms. The van der Waals surface area contributed by atoms with Gasteiger partial charge in [0.2, 0.25) is 0 Å². The van der Waals surface area contributed by atoms with Crippen molar-refractivity contribution in [2.45, 2.75) is 26.2 Å². The number of hydrogen-bond donors (Lipinski definition) is 1. The van der Waals surface area contributed by atoms with E-state index in [1.54, 1.807) is 19.1 Å². The Bertz CT molecular complexity index is 1100. The lowest BCUT2D eigenvalue weighted by Gasteiger charge is -2.13. The van der Waals surface area contributed by atoms with Crippen molar-refractivity contribution in [2.24, 2.45) is 0 Å². The SMILES string of the molecule is CCOC(=O)c1c(NC(=O)COC(=O)CN2C(=O)c3ccccc3C2=O)sc2c1CCC2. The molecule has 0 fully saturated rings. The highest BCUT2D eigenvalue weighted by molar-refractivity contribution is 7.17. The molecule has 3 amide bonds. The molecule has 1 N–H and O–H groups in total. The first kappa shape index (κ1) is 21.7. The molecule has 1 aromatic carbocycles. The van der Waals surface area contributed by atoms with Crippen molar-refractivity contribution in [3.63, 3.8) is 0 Å². The minimum Gasteiger partial charge on any atom is -0.462 e. The number of nitrogens with zero attached hydrogens (tertiary/aromatic N) is 1. The van der Waals surface area contributed by atoms with Crippen molar-refractivity contribution in [1.29, 1.82) is 0 Å². The summed E-state index contributed by atoms with van der Waals surface area (Å²) < 4.78 is 10.1. The summed E-state index contributed by atoms with van der Waals surface area (Å²) in [5.41, 5.74) is 1.70. The number of fused-ring (bicyclic) bond motifs is 2. The first-order chi connectivity index (χ1) is 15.4. The number of amides is 3. The predicted octanol–water partition coefficient (Wildman–Crippen LogP) is 2.19. The molecule has 2 aliphatic rings. The fourth-order valence-corrected chi connectivity index (χ4v) is 5.07. The van der Waals surface area contributed by atoms with E-state index in [1.165, 1.54) is 23.5 Å². The zero-order valence-corrected chi connectivity index (χ0v) is 18.1. The quantitative estimate of drug-likeness (QED) is 0.501. The summed E-state index contributed by atoms with van der Waals surface area (Å²) in [6, 6.07) is 6.27. The molecule has 0 radical (unpaired) electrons. The van der Waals surface area contributed by atoms with Gasteiger partial charge >= 0.3 is 11.9 Å². The maximum absolute atomic E-state index is 12.4. The van der Waals surface area contributed by atoms with Gasteiger partial charge in [-0.3, -0.25) is 24.1 Å². The fourth-order valence-electron chi connectivity index (χ4n) is 3.78. The van der Waals surface area contributed by atoms with E-state index in [0.717, 1.165) is 34.6 Å². The molecule has 0 unspecified atom stereocenters. The zero-order chi connectivity index (χ0) is 22.8. The highest BCUT2D eigenvalue weighted by Gasteiger charge is 2.36. The first-order valence-corrected chi connectivity index (χ1v) is 10.9. The van der Waals surface area contributed by atoms with Crippen molar-refractivity contribution in [3.05, 3.63) is 51.4 Å². The Morgan fingerprint density at radius 1 is 1.06 bits per heavy atom. The van der Waals surface area contributed by atoms with Gasteiger partial charge in [-0.1, -0.05) is 12.1 Å². The van der Waals surface area contributed by atoms with Crippen LogP contribution in [-0.2, 0) is 31.9 Å². The molecular weight excluding hydrogens is 436 g/mol. The third kappa shape index (κ3) is 4.01. The van der Waals surface area contributed by atoms with E-state index in [4.69, 9.17) is 9.47 Å². The molecule has 1 aliphatic heterocycles. The standard InChI is InChI=1S/C22H20N2O7S/c1-2-30-22(29)18-14-8-5-9-15(14)32-19(18)23-16(25)11-31-17(26)10-24-20(27)12-6-3-4-7-13(12)21(24)28/h3-4,6-7H,2,5,8-11H2,1H3,(H,23,25). The molecule has 0 saturated heterocycles. The fraction of sp³-hybridized carbons (Fsp3) is 0.318. The van der Waals surface area contributed by atoms with Gasteiger partial charge in [0.25, 0.3) is 17.7 Å². The summed E-state index contributed by atoms with van der Waals surface area (Å²) in [6.07, 6.45) is 2.51. The van der Waals surface area contributed by atoms with E-state index in [2.05, 4.69) is 5.32 Å². The van der Waals surface area contributed by atoms with Gasteiger partial charge < -0.3 is 14.8 Å². The van der Waals surface area contributed by atoms with Crippen LogP contribution in [0.15, 0.2) is 24.3 Å². The number of benzene rings is 1. The Kier molecular flexibility index (Phi) is 6.04. The average Bonchev–Trinajstić information content (AvgIpc) is 3.41. The van der Waals surface area contributed by atoms with Gasteiger partial charge in [0.1, 0.15) is 11.5 Å². The lowest BCUT2D eigenvalue weighted by atomic mass is 10.1. The summed E-state index contributed by atoms with van der Waals surface area (Å²) in [5, 5.41) is 2.98. The number of anilines is 1. The molecule has 166 valence electrons. The highest BCUT2D eigenvalue weighted by Crippen LogP contribution is 2.39. The van der Waals surface area contributed by atoms with Gasteiger partial charge in [0.05, 0.1) is 23.3 Å². The molecule has 4 rings (SSSR count). The second kappa shape index (κ2) is 8.91. The molecule has 1 aliphatic carbocycles. The summed E-state index contributed by atoms with van der Waals surface area (Å²) in [5.74, 6) is -3.19. The van der Waals surface area contributed by atoms with Crippen LogP contribution in [0.1, 0.15) is 54.9 Å². The smallest absolute Gasteiger partial charge is 0.341 e.